The van der Waals surface area contributed by atoms with Crippen molar-refractivity contribution in [2.75, 3.05) is 12.3 Å². The number of hydrogen-bond donors (Lipinski definition) is 1. The van der Waals surface area contributed by atoms with Crippen LogP contribution in [0.1, 0.15) is 24.6 Å². The van der Waals surface area contributed by atoms with Crippen molar-refractivity contribution >= 4 is 16.6 Å². The number of benzene rings is 3. The lowest BCUT2D eigenvalue weighted by Gasteiger charge is -2.20. The lowest BCUT2D eigenvalue weighted by atomic mass is 9.87. The summed E-state index contributed by atoms with van der Waals surface area (Å²) in [4.78, 5) is 4.49. The van der Waals surface area contributed by atoms with Gasteiger partial charge < -0.3 is 10.5 Å². The lowest BCUT2D eigenvalue weighted by molar-refractivity contribution is 0.319. The van der Waals surface area contributed by atoms with E-state index >= 15 is 0 Å². The Morgan fingerprint density at radius 1 is 0.933 bits per heavy atom. The first-order valence-electron chi connectivity index (χ1n) is 10.1. The van der Waals surface area contributed by atoms with Crippen molar-refractivity contribution < 1.29 is 4.74 Å². The number of aryl methyl sites for hydroxylation is 1. The molecule has 4 rings (SSSR count). The Hall–Kier alpha value is -3.84. The van der Waals surface area contributed by atoms with Gasteiger partial charge in [0, 0.05) is 22.4 Å². The minimum absolute atomic E-state index is 0.235. The predicted molar refractivity (Wildman–Crippen MR) is 122 cm³/mol. The molecular formula is C26H23N3O. The van der Waals surface area contributed by atoms with Gasteiger partial charge in [0.1, 0.15) is 23.2 Å². The van der Waals surface area contributed by atoms with Crippen LogP contribution in [0.2, 0.25) is 0 Å². The highest BCUT2D eigenvalue weighted by Gasteiger charge is 2.24. The molecule has 0 fully saturated rings. The van der Waals surface area contributed by atoms with E-state index in [0.717, 1.165) is 50.9 Å². The number of hydrogen-bond acceptors (Lipinski definition) is 4. The maximum Gasteiger partial charge on any atom is 0.142 e. The minimum atomic E-state index is 0.235. The summed E-state index contributed by atoms with van der Waals surface area (Å²) in [5, 5.41) is 12.1. The Kier molecular flexibility index (Phi) is 5.36. The molecule has 0 aliphatic heterocycles. The molecule has 2 N–H and O–H groups in total. The van der Waals surface area contributed by atoms with E-state index in [1.165, 1.54) is 0 Å². The number of nitriles is 1. The van der Waals surface area contributed by atoms with Gasteiger partial charge in [-0.1, -0.05) is 67.6 Å². The second kappa shape index (κ2) is 8.26. The number of fused-ring (bicyclic) bond motifs is 1. The Morgan fingerprint density at radius 2 is 1.67 bits per heavy atom. The number of pyridine rings is 1. The third-order valence-corrected chi connectivity index (χ3v) is 5.18. The second-order valence-corrected chi connectivity index (χ2v) is 7.19. The monoisotopic (exact) mass is 393 g/mol. The maximum absolute atomic E-state index is 10.1. The van der Waals surface area contributed by atoms with Crippen LogP contribution in [0.5, 0.6) is 5.75 Å². The second-order valence-electron chi connectivity index (χ2n) is 7.19. The standard InChI is InChI=1S/C26H23N3O/c1-3-15-30-22-14-13-18-9-7-8-12-20(18)24(22)25-21(16-27)26(28)29-17(2)23(25)19-10-5-4-6-11-19/h4-14H,3,15H2,1-2H3,(H2,28,29). The van der Waals surface area contributed by atoms with Gasteiger partial charge in [0.25, 0.3) is 0 Å². The number of ether oxygens (including phenoxy) is 1. The van der Waals surface area contributed by atoms with Crippen LogP contribution in [0, 0.1) is 18.3 Å². The van der Waals surface area contributed by atoms with Crippen LogP contribution in [0.3, 0.4) is 0 Å². The molecule has 1 aromatic heterocycles. The topological polar surface area (TPSA) is 71.9 Å². The highest BCUT2D eigenvalue weighted by Crippen LogP contribution is 2.45. The summed E-state index contributed by atoms with van der Waals surface area (Å²) in [6.07, 6.45) is 0.889. The van der Waals surface area contributed by atoms with E-state index in [-0.39, 0.29) is 5.82 Å². The molecule has 0 atom stereocenters. The van der Waals surface area contributed by atoms with E-state index in [1.54, 1.807) is 0 Å². The van der Waals surface area contributed by atoms with E-state index in [1.807, 2.05) is 55.5 Å². The summed E-state index contributed by atoms with van der Waals surface area (Å²) in [7, 11) is 0. The molecular weight excluding hydrogens is 370 g/mol. The first-order valence-corrected chi connectivity index (χ1v) is 10.1. The van der Waals surface area contributed by atoms with Crippen LogP contribution < -0.4 is 10.5 Å². The van der Waals surface area contributed by atoms with E-state index < -0.39 is 0 Å². The average molecular weight is 393 g/mol. The van der Waals surface area contributed by atoms with Gasteiger partial charge in [0.15, 0.2) is 0 Å². The molecule has 4 heteroatoms. The van der Waals surface area contributed by atoms with E-state index in [0.29, 0.717) is 12.2 Å². The van der Waals surface area contributed by atoms with Crippen molar-refractivity contribution in [3.05, 3.63) is 78.0 Å². The maximum atomic E-state index is 10.1. The van der Waals surface area contributed by atoms with Gasteiger partial charge in [-0.25, -0.2) is 4.98 Å². The van der Waals surface area contributed by atoms with Gasteiger partial charge in [0.05, 0.1) is 6.61 Å². The Balaban J connectivity index is 2.18. The summed E-state index contributed by atoms with van der Waals surface area (Å²) in [6.45, 7) is 4.60. The molecule has 0 aliphatic rings. The van der Waals surface area contributed by atoms with Crippen molar-refractivity contribution in [2.45, 2.75) is 20.3 Å². The quantitative estimate of drug-likeness (QED) is 0.443. The number of aromatic nitrogens is 1. The summed E-state index contributed by atoms with van der Waals surface area (Å²) < 4.78 is 6.15. The van der Waals surface area contributed by atoms with Crippen LogP contribution in [0.4, 0.5) is 5.82 Å². The number of anilines is 1. The fourth-order valence-corrected chi connectivity index (χ4v) is 3.89. The molecule has 0 unspecified atom stereocenters. The summed E-state index contributed by atoms with van der Waals surface area (Å²) in [5.41, 5.74) is 10.9. The molecule has 0 aliphatic carbocycles. The first-order chi connectivity index (χ1) is 14.7. The van der Waals surface area contributed by atoms with Gasteiger partial charge in [-0.3, -0.25) is 0 Å². The zero-order valence-electron chi connectivity index (χ0n) is 17.1. The molecule has 0 spiro atoms. The molecule has 4 nitrogen and oxygen atoms in total. The Morgan fingerprint density at radius 3 is 2.40 bits per heavy atom. The molecule has 0 bridgehead atoms. The normalized spacial score (nSPS) is 10.7. The molecule has 0 saturated carbocycles. The highest BCUT2D eigenvalue weighted by molar-refractivity contribution is 6.06. The fraction of sp³-hybridized carbons (Fsp3) is 0.154. The summed E-state index contributed by atoms with van der Waals surface area (Å²) in [5.74, 6) is 0.980. The van der Waals surface area contributed by atoms with Gasteiger partial charge in [0.2, 0.25) is 0 Å². The smallest absolute Gasteiger partial charge is 0.142 e. The highest BCUT2D eigenvalue weighted by atomic mass is 16.5. The minimum Gasteiger partial charge on any atom is -0.493 e. The predicted octanol–water partition coefficient (Wildman–Crippen LogP) is 6.12. The van der Waals surface area contributed by atoms with Crippen molar-refractivity contribution in [1.29, 1.82) is 5.26 Å². The summed E-state index contributed by atoms with van der Waals surface area (Å²) >= 11 is 0. The molecule has 1 heterocycles. The van der Waals surface area contributed by atoms with Crippen molar-refractivity contribution in [1.82, 2.24) is 4.98 Å². The van der Waals surface area contributed by atoms with Gasteiger partial charge in [-0.2, -0.15) is 5.26 Å². The van der Waals surface area contributed by atoms with Crippen LogP contribution in [0.25, 0.3) is 33.0 Å². The number of rotatable bonds is 5. The van der Waals surface area contributed by atoms with E-state index in [4.69, 9.17) is 10.5 Å². The number of nitrogens with zero attached hydrogens (tertiary/aromatic N) is 2. The molecule has 3 aromatic carbocycles. The van der Waals surface area contributed by atoms with Crippen LogP contribution in [-0.2, 0) is 0 Å². The van der Waals surface area contributed by atoms with Crippen LogP contribution >= 0.6 is 0 Å². The van der Waals surface area contributed by atoms with Crippen LogP contribution in [0.15, 0.2) is 66.7 Å². The molecule has 0 amide bonds. The Bertz CT molecular complexity index is 1260. The average Bonchev–Trinajstić information content (AvgIpc) is 2.77. The van der Waals surface area contributed by atoms with Gasteiger partial charge in [-0.15, -0.1) is 0 Å². The van der Waals surface area contributed by atoms with Gasteiger partial charge in [-0.05, 0) is 35.7 Å². The largest absolute Gasteiger partial charge is 0.493 e. The molecule has 0 radical (unpaired) electrons. The zero-order valence-corrected chi connectivity index (χ0v) is 17.1. The fourth-order valence-electron chi connectivity index (χ4n) is 3.89. The third kappa shape index (κ3) is 3.35. The van der Waals surface area contributed by atoms with E-state index in [2.05, 4.69) is 36.2 Å². The number of nitrogen functional groups attached to an aromatic ring is 1. The van der Waals surface area contributed by atoms with Crippen LogP contribution in [-0.4, -0.2) is 11.6 Å². The first kappa shape index (κ1) is 19.5. The SMILES string of the molecule is CCCOc1ccc2ccccc2c1-c1c(C#N)c(N)nc(C)c1-c1ccccc1. The molecule has 4 aromatic rings. The van der Waals surface area contributed by atoms with E-state index in [9.17, 15) is 5.26 Å². The van der Waals surface area contributed by atoms with Crippen molar-refractivity contribution in [3.8, 4) is 34.1 Å². The summed E-state index contributed by atoms with van der Waals surface area (Å²) in [6, 6.07) is 24.5. The van der Waals surface area contributed by atoms with Gasteiger partial charge >= 0.3 is 0 Å². The lowest BCUT2D eigenvalue weighted by Crippen LogP contribution is -2.05. The number of nitrogens with two attached hydrogens (primary N) is 1. The molecule has 30 heavy (non-hydrogen) atoms. The molecule has 148 valence electrons. The Labute approximate surface area is 176 Å². The van der Waals surface area contributed by atoms with Crippen molar-refractivity contribution in [2.24, 2.45) is 0 Å². The van der Waals surface area contributed by atoms with Crippen molar-refractivity contribution in [3.63, 3.8) is 0 Å². The third-order valence-electron chi connectivity index (χ3n) is 5.18. The zero-order chi connectivity index (χ0) is 21.1. The molecule has 0 saturated heterocycles.